The third-order valence-corrected chi connectivity index (χ3v) is 3.25. The largest absolute Gasteiger partial charge is 0.496 e. The highest BCUT2D eigenvalue weighted by molar-refractivity contribution is 6.30. The van der Waals surface area contributed by atoms with Crippen LogP contribution in [0.1, 0.15) is 15.9 Å². The van der Waals surface area contributed by atoms with Crippen molar-refractivity contribution in [2.45, 2.75) is 6.92 Å². The van der Waals surface area contributed by atoms with Gasteiger partial charge in [0.05, 0.1) is 12.7 Å². The Balaban J connectivity index is 2.66. The molecule has 4 heteroatoms. The molecule has 0 aromatic heterocycles. The normalized spacial score (nSPS) is 10.3. The average Bonchev–Trinajstić information content (AvgIpc) is 2.39. The molecule has 2 rings (SSSR count). The molecule has 0 amide bonds. The van der Waals surface area contributed by atoms with Gasteiger partial charge in [-0.2, -0.15) is 0 Å². The van der Waals surface area contributed by atoms with Crippen molar-refractivity contribution in [3.05, 3.63) is 52.5 Å². The Kier molecular flexibility index (Phi) is 3.76. The van der Waals surface area contributed by atoms with E-state index in [1.54, 1.807) is 38.3 Å². The minimum absolute atomic E-state index is 0.287. The van der Waals surface area contributed by atoms with E-state index in [2.05, 4.69) is 0 Å². The van der Waals surface area contributed by atoms with Crippen LogP contribution >= 0.6 is 11.6 Å². The summed E-state index contributed by atoms with van der Waals surface area (Å²) in [7, 11) is 1.56. The maximum atomic E-state index is 11.2. The quantitative estimate of drug-likeness (QED) is 0.921. The predicted molar refractivity (Wildman–Crippen MR) is 75.1 cm³/mol. The Morgan fingerprint density at radius 1 is 1.21 bits per heavy atom. The van der Waals surface area contributed by atoms with Crippen LogP contribution in [0.25, 0.3) is 11.1 Å². The first kappa shape index (κ1) is 13.4. The van der Waals surface area contributed by atoms with E-state index >= 15 is 0 Å². The summed E-state index contributed by atoms with van der Waals surface area (Å²) in [6, 6.07) is 10.5. The fourth-order valence-corrected chi connectivity index (χ4v) is 2.21. The van der Waals surface area contributed by atoms with Crippen LogP contribution in [0.2, 0.25) is 5.02 Å². The van der Waals surface area contributed by atoms with Crippen LogP contribution in [-0.2, 0) is 0 Å². The van der Waals surface area contributed by atoms with Crippen molar-refractivity contribution in [3.8, 4) is 16.9 Å². The van der Waals surface area contributed by atoms with Gasteiger partial charge in [0, 0.05) is 10.6 Å². The van der Waals surface area contributed by atoms with Crippen molar-refractivity contribution in [1.82, 2.24) is 0 Å². The SMILES string of the molecule is COc1cc(Cl)ccc1-c1cccc(C(=O)O)c1C. The third kappa shape index (κ3) is 2.56. The van der Waals surface area contributed by atoms with Crippen LogP contribution in [0.3, 0.4) is 0 Å². The monoisotopic (exact) mass is 276 g/mol. The number of carboxylic acids is 1. The van der Waals surface area contributed by atoms with Gasteiger partial charge in [-0.3, -0.25) is 0 Å². The Hall–Kier alpha value is -2.00. The van der Waals surface area contributed by atoms with Gasteiger partial charge in [0.2, 0.25) is 0 Å². The van der Waals surface area contributed by atoms with Crippen molar-refractivity contribution < 1.29 is 14.6 Å². The molecule has 0 unspecified atom stereocenters. The van der Waals surface area contributed by atoms with Gasteiger partial charge in [-0.1, -0.05) is 23.7 Å². The summed E-state index contributed by atoms with van der Waals surface area (Å²) >= 11 is 5.93. The highest BCUT2D eigenvalue weighted by atomic mass is 35.5. The molecule has 0 spiro atoms. The molecule has 98 valence electrons. The number of ether oxygens (including phenoxy) is 1. The Bertz CT molecular complexity index is 635. The van der Waals surface area contributed by atoms with E-state index in [1.807, 2.05) is 12.1 Å². The molecule has 0 aliphatic rings. The molecule has 19 heavy (non-hydrogen) atoms. The second kappa shape index (κ2) is 5.33. The van der Waals surface area contributed by atoms with Gasteiger partial charge in [-0.05, 0) is 42.3 Å². The molecule has 1 N–H and O–H groups in total. The van der Waals surface area contributed by atoms with Gasteiger partial charge in [0.15, 0.2) is 0 Å². The zero-order valence-corrected chi connectivity index (χ0v) is 11.4. The van der Waals surface area contributed by atoms with E-state index in [0.717, 1.165) is 11.1 Å². The highest BCUT2D eigenvalue weighted by Crippen LogP contribution is 2.35. The summed E-state index contributed by atoms with van der Waals surface area (Å²) in [6.45, 7) is 1.78. The second-order valence-corrected chi connectivity index (χ2v) is 4.56. The van der Waals surface area contributed by atoms with Crippen LogP contribution in [-0.4, -0.2) is 18.2 Å². The molecule has 0 heterocycles. The van der Waals surface area contributed by atoms with Gasteiger partial charge >= 0.3 is 5.97 Å². The minimum atomic E-state index is -0.938. The fraction of sp³-hybridized carbons (Fsp3) is 0.133. The summed E-state index contributed by atoms with van der Waals surface area (Å²) in [5.41, 5.74) is 2.64. The lowest BCUT2D eigenvalue weighted by Gasteiger charge is -2.13. The Morgan fingerprint density at radius 3 is 2.58 bits per heavy atom. The maximum Gasteiger partial charge on any atom is 0.335 e. The van der Waals surface area contributed by atoms with Crippen molar-refractivity contribution in [1.29, 1.82) is 0 Å². The van der Waals surface area contributed by atoms with Crippen molar-refractivity contribution in [3.63, 3.8) is 0 Å². The van der Waals surface area contributed by atoms with Crippen molar-refractivity contribution in [2.75, 3.05) is 7.11 Å². The van der Waals surface area contributed by atoms with Crippen LogP contribution in [0, 0.1) is 6.92 Å². The zero-order valence-electron chi connectivity index (χ0n) is 10.6. The number of rotatable bonds is 3. The molecule has 0 saturated carbocycles. The third-order valence-electron chi connectivity index (χ3n) is 3.02. The van der Waals surface area contributed by atoms with Crippen LogP contribution < -0.4 is 4.74 Å². The number of hydrogen-bond acceptors (Lipinski definition) is 2. The molecule has 3 nitrogen and oxygen atoms in total. The summed E-state index contributed by atoms with van der Waals surface area (Å²) in [5.74, 6) is -0.314. The fourth-order valence-electron chi connectivity index (χ4n) is 2.05. The average molecular weight is 277 g/mol. The molecule has 2 aromatic rings. The maximum absolute atomic E-state index is 11.2. The van der Waals surface area contributed by atoms with E-state index in [0.29, 0.717) is 16.3 Å². The lowest BCUT2D eigenvalue weighted by molar-refractivity contribution is 0.0696. The van der Waals surface area contributed by atoms with Gasteiger partial charge < -0.3 is 9.84 Å². The van der Waals surface area contributed by atoms with Crippen molar-refractivity contribution >= 4 is 17.6 Å². The molecular formula is C15H13ClO3. The first-order valence-corrected chi connectivity index (χ1v) is 6.09. The lowest BCUT2D eigenvalue weighted by Crippen LogP contribution is -2.01. The Morgan fingerprint density at radius 2 is 1.95 bits per heavy atom. The highest BCUT2D eigenvalue weighted by Gasteiger charge is 2.14. The molecule has 0 atom stereocenters. The van der Waals surface area contributed by atoms with Crippen LogP contribution in [0.4, 0.5) is 0 Å². The zero-order chi connectivity index (χ0) is 14.0. The summed E-state index contributed by atoms with van der Waals surface area (Å²) in [6.07, 6.45) is 0. The van der Waals surface area contributed by atoms with Gasteiger partial charge in [-0.25, -0.2) is 4.79 Å². The molecule has 0 aliphatic carbocycles. The van der Waals surface area contributed by atoms with Crippen LogP contribution in [0.15, 0.2) is 36.4 Å². The number of halogens is 1. The minimum Gasteiger partial charge on any atom is -0.496 e. The first-order valence-electron chi connectivity index (χ1n) is 5.71. The van der Waals surface area contributed by atoms with E-state index in [4.69, 9.17) is 21.4 Å². The summed E-state index contributed by atoms with van der Waals surface area (Å²) in [5, 5.41) is 9.73. The standard InChI is InChI=1S/C15H13ClO3/c1-9-11(4-3-5-12(9)15(17)18)13-7-6-10(16)8-14(13)19-2/h3-8H,1-2H3,(H,17,18). The van der Waals surface area contributed by atoms with Gasteiger partial charge in [-0.15, -0.1) is 0 Å². The topological polar surface area (TPSA) is 46.5 Å². The molecule has 0 bridgehead atoms. The molecular weight excluding hydrogens is 264 g/mol. The first-order chi connectivity index (χ1) is 9.04. The molecule has 0 radical (unpaired) electrons. The van der Waals surface area contributed by atoms with Gasteiger partial charge in [0.1, 0.15) is 5.75 Å². The molecule has 0 saturated heterocycles. The van der Waals surface area contributed by atoms with E-state index < -0.39 is 5.97 Å². The molecule has 2 aromatic carbocycles. The van der Waals surface area contributed by atoms with Gasteiger partial charge in [0.25, 0.3) is 0 Å². The number of benzene rings is 2. The smallest absolute Gasteiger partial charge is 0.335 e. The van der Waals surface area contributed by atoms with Crippen molar-refractivity contribution in [2.24, 2.45) is 0 Å². The lowest BCUT2D eigenvalue weighted by atomic mass is 9.96. The Labute approximate surface area is 116 Å². The van der Waals surface area contributed by atoms with E-state index in [1.165, 1.54) is 0 Å². The van der Waals surface area contributed by atoms with E-state index in [-0.39, 0.29) is 5.56 Å². The molecule has 0 aliphatic heterocycles. The second-order valence-electron chi connectivity index (χ2n) is 4.13. The molecule has 0 fully saturated rings. The summed E-state index contributed by atoms with van der Waals surface area (Å²) in [4.78, 5) is 11.2. The number of hydrogen-bond donors (Lipinski definition) is 1. The number of methoxy groups -OCH3 is 1. The van der Waals surface area contributed by atoms with Crippen LogP contribution in [0.5, 0.6) is 5.75 Å². The number of aromatic carboxylic acids is 1. The number of carboxylic acid groups (broad SMARTS) is 1. The number of carbonyl (C=O) groups is 1. The predicted octanol–water partition coefficient (Wildman–Crippen LogP) is 4.02. The summed E-state index contributed by atoms with van der Waals surface area (Å²) < 4.78 is 5.30. The van der Waals surface area contributed by atoms with E-state index in [9.17, 15) is 4.79 Å².